The maximum absolute atomic E-state index is 13.1. The van der Waals surface area contributed by atoms with Crippen LogP contribution < -0.4 is 20.7 Å². The monoisotopic (exact) mass is 477 g/mol. The van der Waals surface area contributed by atoms with Gasteiger partial charge in [-0.05, 0) is 56.0 Å². The van der Waals surface area contributed by atoms with Gasteiger partial charge in [0.2, 0.25) is 17.3 Å². The maximum Gasteiger partial charge on any atom is 0.268 e. The van der Waals surface area contributed by atoms with Gasteiger partial charge < -0.3 is 30.8 Å². The number of ether oxygens (including phenoxy) is 1. The van der Waals surface area contributed by atoms with Crippen molar-refractivity contribution < 1.29 is 24.2 Å². The summed E-state index contributed by atoms with van der Waals surface area (Å²) < 4.78 is 5.35. The van der Waals surface area contributed by atoms with Gasteiger partial charge in [-0.2, -0.15) is 0 Å². The van der Waals surface area contributed by atoms with Crippen LogP contribution in [-0.4, -0.2) is 59.0 Å². The van der Waals surface area contributed by atoms with Crippen molar-refractivity contribution in [2.45, 2.75) is 50.6 Å². The van der Waals surface area contributed by atoms with Gasteiger partial charge >= 0.3 is 0 Å². The second-order valence-electron chi connectivity index (χ2n) is 8.83. The lowest BCUT2D eigenvalue weighted by Crippen LogP contribution is -2.53. The molecule has 2 aromatic rings. The molecule has 0 radical (unpaired) electrons. The number of aliphatic hydroxyl groups is 1. The highest BCUT2D eigenvalue weighted by atomic mass is 32.1. The van der Waals surface area contributed by atoms with Crippen molar-refractivity contribution in [3.05, 3.63) is 30.0 Å². The normalized spacial score (nSPS) is 18.6. The Hall–Kier alpha value is -2.72. The number of aliphatic hydroxyl groups excluding tert-OH is 1. The Labute approximate surface area is 198 Å². The Bertz CT molecular complexity index is 1010. The molecule has 1 saturated heterocycles. The summed E-state index contributed by atoms with van der Waals surface area (Å²) in [7, 11) is 1.56. The van der Waals surface area contributed by atoms with E-state index in [4.69, 9.17) is 4.74 Å². The fourth-order valence-electron chi connectivity index (χ4n) is 4.09. The van der Waals surface area contributed by atoms with Crippen LogP contribution in [0.2, 0.25) is 0 Å². The molecule has 1 aliphatic heterocycles. The molecular formula is C23H33N4O5S+. The molecule has 0 bridgehead atoms. The van der Waals surface area contributed by atoms with E-state index >= 15 is 0 Å². The van der Waals surface area contributed by atoms with Gasteiger partial charge in [-0.3, -0.25) is 14.4 Å². The molecule has 1 aromatic heterocycles. The van der Waals surface area contributed by atoms with Gasteiger partial charge in [0, 0.05) is 23.4 Å². The molecule has 33 heavy (non-hydrogen) atoms. The molecule has 0 saturated carbocycles. The van der Waals surface area contributed by atoms with E-state index in [9.17, 15) is 19.5 Å². The van der Waals surface area contributed by atoms with E-state index in [2.05, 4.69) is 33.6 Å². The molecule has 2 heterocycles. The van der Waals surface area contributed by atoms with Gasteiger partial charge in [0.1, 0.15) is 23.5 Å². The number of aromatic amines is 1. The van der Waals surface area contributed by atoms with Crippen molar-refractivity contribution in [2.24, 2.45) is 11.8 Å². The van der Waals surface area contributed by atoms with Crippen molar-refractivity contribution in [3.8, 4) is 5.75 Å². The molecular weight excluding hydrogens is 444 g/mol. The third-order valence-corrected chi connectivity index (χ3v) is 6.23. The Morgan fingerprint density at radius 2 is 2.06 bits per heavy atom. The SMILES string of the molecule is COc1cccc2[nH]c(C(=O)N[C@@H](CC(C)C)C(=O)N[C@@H](C[C@@H]3CCNC3=O)[C@@H](O)[SH2+])cc12. The summed E-state index contributed by atoms with van der Waals surface area (Å²) in [4.78, 5) is 41.1. The molecule has 1 aromatic carbocycles. The minimum atomic E-state index is -1.03. The van der Waals surface area contributed by atoms with E-state index in [0.29, 0.717) is 37.3 Å². The van der Waals surface area contributed by atoms with Crippen LogP contribution in [0, 0.1) is 11.8 Å². The third-order valence-electron chi connectivity index (χ3n) is 5.83. The number of hydrogen-bond acceptors (Lipinski definition) is 5. The van der Waals surface area contributed by atoms with Gasteiger partial charge in [0.15, 0.2) is 0 Å². The summed E-state index contributed by atoms with van der Waals surface area (Å²) in [6, 6.07) is 5.68. The zero-order chi connectivity index (χ0) is 24.1. The minimum Gasteiger partial charge on any atom is -0.496 e. The van der Waals surface area contributed by atoms with Gasteiger partial charge in [0.25, 0.3) is 5.91 Å². The average molecular weight is 478 g/mol. The lowest BCUT2D eigenvalue weighted by Gasteiger charge is -2.25. The summed E-state index contributed by atoms with van der Waals surface area (Å²) in [5, 5.41) is 19.3. The van der Waals surface area contributed by atoms with Gasteiger partial charge in [-0.1, -0.05) is 19.9 Å². The van der Waals surface area contributed by atoms with Crippen LogP contribution in [0.4, 0.5) is 0 Å². The first kappa shape index (κ1) is 24.9. The predicted octanol–water partition coefficient (Wildman–Crippen LogP) is 0.662. The highest BCUT2D eigenvalue weighted by molar-refractivity contribution is 7.59. The number of aromatic nitrogens is 1. The second-order valence-corrected chi connectivity index (χ2v) is 9.42. The summed E-state index contributed by atoms with van der Waals surface area (Å²) in [5.41, 5.74) is 0.0377. The molecule has 4 atom stereocenters. The number of hydrogen-bond donors (Lipinski definition) is 5. The van der Waals surface area contributed by atoms with E-state index in [1.54, 1.807) is 13.2 Å². The number of carbonyl (C=O) groups excluding carboxylic acids is 3. The number of carbonyl (C=O) groups is 3. The van der Waals surface area contributed by atoms with Crippen molar-refractivity contribution in [1.82, 2.24) is 20.9 Å². The van der Waals surface area contributed by atoms with Crippen LogP contribution in [0.5, 0.6) is 5.75 Å². The summed E-state index contributed by atoms with van der Waals surface area (Å²) >= 11 is 3.18. The molecule has 10 heteroatoms. The van der Waals surface area contributed by atoms with Crippen molar-refractivity contribution >= 4 is 41.3 Å². The van der Waals surface area contributed by atoms with Crippen molar-refractivity contribution in [3.63, 3.8) is 0 Å². The van der Waals surface area contributed by atoms with E-state index < -0.39 is 29.3 Å². The van der Waals surface area contributed by atoms with Gasteiger partial charge in [-0.25, -0.2) is 0 Å². The molecule has 1 fully saturated rings. The second kappa shape index (κ2) is 10.9. The first-order chi connectivity index (χ1) is 15.7. The molecule has 3 amide bonds. The molecule has 0 unspecified atom stereocenters. The number of rotatable bonds is 10. The quantitative estimate of drug-likeness (QED) is 0.321. The molecule has 0 spiro atoms. The Balaban J connectivity index is 1.73. The fraction of sp³-hybridized carbons (Fsp3) is 0.522. The summed E-state index contributed by atoms with van der Waals surface area (Å²) in [6.45, 7) is 4.50. The zero-order valence-corrected chi connectivity index (χ0v) is 20.1. The fourth-order valence-corrected chi connectivity index (χ4v) is 4.31. The summed E-state index contributed by atoms with van der Waals surface area (Å²) in [6.07, 6.45) is 1.36. The van der Waals surface area contributed by atoms with Crippen LogP contribution in [0.3, 0.4) is 0 Å². The topological polar surface area (TPSA) is 133 Å². The number of fused-ring (bicyclic) bond motifs is 1. The molecule has 0 aliphatic carbocycles. The minimum absolute atomic E-state index is 0.0807. The first-order valence-corrected chi connectivity index (χ1v) is 11.7. The Kier molecular flexibility index (Phi) is 8.25. The largest absolute Gasteiger partial charge is 0.496 e. The highest BCUT2D eigenvalue weighted by Crippen LogP contribution is 2.26. The Morgan fingerprint density at radius 3 is 2.67 bits per heavy atom. The number of nitrogens with one attached hydrogen (secondary N) is 4. The van der Waals surface area contributed by atoms with E-state index in [1.165, 1.54) is 0 Å². The first-order valence-electron chi connectivity index (χ1n) is 11.1. The van der Waals surface area contributed by atoms with E-state index in [0.717, 1.165) is 10.9 Å². The molecule has 9 nitrogen and oxygen atoms in total. The van der Waals surface area contributed by atoms with Crippen LogP contribution >= 0.6 is 0 Å². The zero-order valence-electron chi connectivity index (χ0n) is 19.1. The van der Waals surface area contributed by atoms with Gasteiger partial charge in [0.05, 0.1) is 7.11 Å². The Morgan fingerprint density at radius 1 is 1.30 bits per heavy atom. The van der Waals surface area contributed by atoms with Crippen LogP contribution in [-0.2, 0) is 22.2 Å². The number of methoxy groups -OCH3 is 1. The van der Waals surface area contributed by atoms with Crippen molar-refractivity contribution in [1.29, 1.82) is 0 Å². The number of H-pyrrole nitrogens is 1. The standard InChI is InChI=1S/C23H32N4O5S/c1-12(2)9-16(21(29)27-18(23(31)33)10-13-7-8-24-20(13)28)26-22(30)17-11-14-15(25-17)5-4-6-19(14)32-3/h4-6,11-13,16,18,23,25,31,33H,7-10H2,1-3H3,(H,24,28)(H,26,30)(H,27,29)/p+1/t13-,16-,18-,23-/m0/s1. The maximum atomic E-state index is 13.1. The average Bonchev–Trinajstić information content (AvgIpc) is 3.38. The van der Waals surface area contributed by atoms with Crippen LogP contribution in [0.1, 0.15) is 43.6 Å². The number of amides is 3. The lowest BCUT2D eigenvalue weighted by atomic mass is 9.97. The molecule has 1 aliphatic rings. The molecule has 3 rings (SSSR count). The van der Waals surface area contributed by atoms with Crippen molar-refractivity contribution in [2.75, 3.05) is 13.7 Å². The molecule has 180 valence electrons. The van der Waals surface area contributed by atoms with Gasteiger partial charge in [-0.15, -0.1) is 0 Å². The molecule has 5 N–H and O–H groups in total. The number of benzene rings is 1. The predicted molar refractivity (Wildman–Crippen MR) is 129 cm³/mol. The van der Waals surface area contributed by atoms with Crippen LogP contribution in [0.25, 0.3) is 10.9 Å². The summed E-state index contributed by atoms with van der Waals surface area (Å²) in [5.74, 6) is -0.407. The van der Waals surface area contributed by atoms with E-state index in [1.807, 2.05) is 32.0 Å². The third kappa shape index (κ3) is 6.20. The lowest BCUT2D eigenvalue weighted by molar-refractivity contribution is -0.126. The van der Waals surface area contributed by atoms with Crippen LogP contribution in [0.15, 0.2) is 24.3 Å². The smallest absolute Gasteiger partial charge is 0.268 e. The van der Waals surface area contributed by atoms with E-state index in [-0.39, 0.29) is 17.7 Å². The highest BCUT2D eigenvalue weighted by Gasteiger charge is 2.34.